The molecule has 0 atom stereocenters. The summed E-state index contributed by atoms with van der Waals surface area (Å²) in [7, 11) is 0. The van der Waals surface area contributed by atoms with Crippen molar-refractivity contribution in [1.29, 1.82) is 5.26 Å². The van der Waals surface area contributed by atoms with Crippen molar-refractivity contribution in [2.75, 3.05) is 6.26 Å². The van der Waals surface area contributed by atoms with Crippen LogP contribution in [0.15, 0.2) is 4.99 Å². The van der Waals surface area contributed by atoms with Gasteiger partial charge in [0.2, 0.25) is 6.19 Å². The molecule has 0 aliphatic heterocycles. The van der Waals surface area contributed by atoms with Gasteiger partial charge in [0.25, 0.3) is 0 Å². The van der Waals surface area contributed by atoms with E-state index in [9.17, 15) is 0 Å². The zero-order valence-corrected chi connectivity index (χ0v) is 5.46. The van der Waals surface area contributed by atoms with E-state index in [-0.39, 0.29) is 51.4 Å². The van der Waals surface area contributed by atoms with E-state index in [1.165, 1.54) is 11.8 Å². The van der Waals surface area contributed by atoms with Gasteiger partial charge >= 0.3 is 51.4 Å². The quantitative estimate of drug-likeness (QED) is 0.189. The molecule has 0 aromatic heterocycles. The molecule has 0 rings (SSSR count). The predicted octanol–water partition coefficient (Wildman–Crippen LogP) is 0.468. The zero-order valence-electron chi connectivity index (χ0n) is 3.75. The Bertz CT molecular complexity index is 117. The van der Waals surface area contributed by atoms with Gasteiger partial charge in [-0.1, -0.05) is 0 Å². The number of nitrogens with zero attached hydrogens (tertiary/aromatic N) is 2. The van der Waals surface area contributed by atoms with E-state index in [2.05, 4.69) is 17.6 Å². The van der Waals surface area contributed by atoms with Crippen LogP contribution in [-0.2, 0) is 0 Å². The fraction of sp³-hybridized carbons (Fsp3) is 0.333. The van der Waals surface area contributed by atoms with Gasteiger partial charge in [-0.3, -0.25) is 0 Å². The second-order valence-corrected chi connectivity index (χ2v) is 2.22. The van der Waals surface area contributed by atoms with E-state index in [0.29, 0.717) is 4.38 Å². The van der Waals surface area contributed by atoms with Crippen molar-refractivity contribution in [2.45, 2.75) is 0 Å². The molecular formula is C3H5KN2S2. The Kier molecular flexibility index (Phi) is 13.0. The van der Waals surface area contributed by atoms with Crippen molar-refractivity contribution >= 4 is 80.2 Å². The minimum absolute atomic E-state index is 0. The van der Waals surface area contributed by atoms with E-state index in [1.807, 2.05) is 6.26 Å². The van der Waals surface area contributed by atoms with Crippen LogP contribution in [0.3, 0.4) is 0 Å². The summed E-state index contributed by atoms with van der Waals surface area (Å²) in [5, 5.41) is 7.87. The molecule has 0 aromatic rings. The van der Waals surface area contributed by atoms with Gasteiger partial charge in [-0.15, -0.1) is 24.4 Å². The summed E-state index contributed by atoms with van der Waals surface area (Å²) in [4.78, 5) is 3.29. The summed E-state index contributed by atoms with van der Waals surface area (Å²) >= 11 is 5.14. The molecule has 0 aliphatic carbocycles. The Hall–Kier alpha value is 1.50. The van der Waals surface area contributed by atoms with Gasteiger partial charge in [0.1, 0.15) is 4.38 Å². The first kappa shape index (κ1) is 12.2. The van der Waals surface area contributed by atoms with Crippen LogP contribution >= 0.6 is 24.4 Å². The Morgan fingerprint density at radius 2 is 2.38 bits per heavy atom. The molecule has 2 nitrogen and oxygen atoms in total. The van der Waals surface area contributed by atoms with E-state index in [4.69, 9.17) is 5.26 Å². The van der Waals surface area contributed by atoms with Crippen LogP contribution in [0.1, 0.15) is 0 Å². The summed E-state index contributed by atoms with van der Waals surface area (Å²) < 4.78 is 0.502. The summed E-state index contributed by atoms with van der Waals surface area (Å²) in [5.74, 6) is 0. The molecule has 0 N–H and O–H groups in total. The van der Waals surface area contributed by atoms with Crippen LogP contribution in [0.2, 0.25) is 0 Å². The fourth-order valence-corrected chi connectivity index (χ4v) is 0.265. The number of hydrogen-bond acceptors (Lipinski definition) is 3. The van der Waals surface area contributed by atoms with Crippen molar-refractivity contribution in [3.05, 3.63) is 0 Å². The molecule has 5 heteroatoms. The SMILES string of the molecule is CS/C(S)=N\C#N.[KH]. The summed E-state index contributed by atoms with van der Waals surface area (Å²) in [6.07, 6.45) is 3.42. The molecule has 0 aliphatic rings. The van der Waals surface area contributed by atoms with Crippen LogP contribution in [0.25, 0.3) is 0 Å². The van der Waals surface area contributed by atoms with Crippen LogP contribution in [0.5, 0.6) is 0 Å². The van der Waals surface area contributed by atoms with Crippen LogP contribution in [-0.4, -0.2) is 62.0 Å². The first-order chi connectivity index (χ1) is 3.31. The van der Waals surface area contributed by atoms with Crippen LogP contribution in [0, 0.1) is 11.5 Å². The first-order valence-corrected chi connectivity index (χ1v) is 3.18. The molecule has 0 amide bonds. The molecule has 0 bridgehead atoms. The second-order valence-electron chi connectivity index (χ2n) is 0.699. The molecule has 0 saturated carbocycles. The average Bonchev–Trinajstić information content (AvgIpc) is 1.68. The maximum atomic E-state index is 7.87. The van der Waals surface area contributed by atoms with Gasteiger partial charge in [-0.2, -0.15) is 10.3 Å². The monoisotopic (exact) mass is 172 g/mol. The number of rotatable bonds is 0. The number of hydrogen-bond donors (Lipinski definition) is 1. The predicted molar refractivity (Wildman–Crippen MR) is 42.7 cm³/mol. The Balaban J connectivity index is 0. The average molecular weight is 172 g/mol. The molecule has 0 heterocycles. The molecule has 0 aromatic carbocycles. The standard InChI is InChI=1S/C3H4N2S2.K.H/c1-7-3(6)5-2-4;;/h1H3,(H,5,6);;. The van der Waals surface area contributed by atoms with Crippen molar-refractivity contribution in [1.82, 2.24) is 0 Å². The van der Waals surface area contributed by atoms with Gasteiger partial charge in [0, 0.05) is 0 Å². The molecular weight excluding hydrogens is 167 g/mol. The second kappa shape index (κ2) is 8.50. The van der Waals surface area contributed by atoms with Crippen LogP contribution in [0.4, 0.5) is 0 Å². The first-order valence-electron chi connectivity index (χ1n) is 1.51. The topological polar surface area (TPSA) is 36.1 Å². The molecule has 0 fully saturated rings. The van der Waals surface area contributed by atoms with E-state index >= 15 is 0 Å². The van der Waals surface area contributed by atoms with Gasteiger partial charge in [-0.25, -0.2) is 0 Å². The number of nitriles is 1. The Morgan fingerprint density at radius 1 is 1.88 bits per heavy atom. The Morgan fingerprint density at radius 3 is 2.50 bits per heavy atom. The zero-order chi connectivity index (χ0) is 5.70. The minimum atomic E-state index is 0. The summed E-state index contributed by atoms with van der Waals surface area (Å²) in [6.45, 7) is 0. The molecule has 0 unspecified atom stereocenters. The van der Waals surface area contributed by atoms with Crippen molar-refractivity contribution < 1.29 is 0 Å². The van der Waals surface area contributed by atoms with E-state index < -0.39 is 0 Å². The molecule has 0 radical (unpaired) electrons. The van der Waals surface area contributed by atoms with Gasteiger partial charge < -0.3 is 0 Å². The van der Waals surface area contributed by atoms with Gasteiger partial charge in [-0.05, 0) is 6.26 Å². The van der Waals surface area contributed by atoms with E-state index in [1.54, 1.807) is 6.19 Å². The number of thioether (sulfide) groups is 1. The van der Waals surface area contributed by atoms with E-state index in [0.717, 1.165) is 0 Å². The van der Waals surface area contributed by atoms with Gasteiger partial charge in [0.15, 0.2) is 0 Å². The molecule has 40 valence electrons. The van der Waals surface area contributed by atoms with Crippen molar-refractivity contribution in [3.63, 3.8) is 0 Å². The summed E-state index contributed by atoms with van der Waals surface area (Å²) in [6, 6.07) is 0. The maximum absolute atomic E-state index is 7.87. The third-order valence-corrected chi connectivity index (χ3v) is 1.43. The molecule has 0 saturated heterocycles. The summed E-state index contributed by atoms with van der Waals surface area (Å²) in [5.41, 5.74) is 0. The third kappa shape index (κ3) is 7.50. The molecule has 0 spiro atoms. The van der Waals surface area contributed by atoms with Crippen molar-refractivity contribution in [3.8, 4) is 6.19 Å². The van der Waals surface area contributed by atoms with Gasteiger partial charge in [0.05, 0.1) is 0 Å². The number of aliphatic imine (C=N–C) groups is 1. The molecule has 8 heavy (non-hydrogen) atoms. The van der Waals surface area contributed by atoms with Crippen molar-refractivity contribution in [2.24, 2.45) is 4.99 Å². The van der Waals surface area contributed by atoms with Crippen LogP contribution < -0.4 is 0 Å². The fourth-order valence-electron chi connectivity index (χ4n) is 0.0884. The Labute approximate surface area is 101 Å². The number of thiol groups is 1. The normalized spacial score (nSPS) is 9.38. The third-order valence-electron chi connectivity index (χ3n) is 0.328.